The van der Waals surface area contributed by atoms with Crippen molar-refractivity contribution < 1.29 is 0 Å². The maximum Gasteiger partial charge on any atom is 0.218 e. The zero-order valence-electron chi connectivity index (χ0n) is 6.20. The molecule has 0 spiro atoms. The maximum absolute atomic E-state index is 5.28. The lowest BCUT2D eigenvalue weighted by Crippen LogP contribution is -2.26. The number of rotatable bonds is 1. The van der Waals surface area contributed by atoms with Crippen LogP contribution in [0.25, 0.3) is 0 Å². The van der Waals surface area contributed by atoms with Gasteiger partial charge in [-0.05, 0) is 13.8 Å². The number of hydrogen-bond donors (Lipinski definition) is 3. The van der Waals surface area contributed by atoms with Gasteiger partial charge in [-0.2, -0.15) is 4.99 Å². The van der Waals surface area contributed by atoms with Crippen LogP contribution in [-0.4, -0.2) is 18.0 Å². The first kappa shape index (κ1) is 8.74. The standard InChI is InChI=1S/C5H13N5/c1-3(2)9-5(8)10-4(6)7/h3H,1-2H3,(H6,6,7,8,9,10). The van der Waals surface area contributed by atoms with Gasteiger partial charge in [0, 0.05) is 6.04 Å². The molecule has 0 atom stereocenters. The summed E-state index contributed by atoms with van der Waals surface area (Å²) in [6.45, 7) is 3.77. The molecule has 5 nitrogen and oxygen atoms in total. The van der Waals surface area contributed by atoms with Crippen molar-refractivity contribution >= 4 is 11.9 Å². The molecule has 0 aliphatic heterocycles. The first-order chi connectivity index (χ1) is 4.52. The van der Waals surface area contributed by atoms with Gasteiger partial charge in [0.2, 0.25) is 5.96 Å². The average Bonchev–Trinajstić information content (AvgIpc) is 1.58. The summed E-state index contributed by atoms with van der Waals surface area (Å²) < 4.78 is 0. The summed E-state index contributed by atoms with van der Waals surface area (Å²) >= 11 is 0. The number of guanidine groups is 2. The normalized spacial score (nSPS) is 11.7. The third-order valence-corrected chi connectivity index (χ3v) is 0.634. The van der Waals surface area contributed by atoms with E-state index in [1.54, 1.807) is 0 Å². The van der Waals surface area contributed by atoms with Gasteiger partial charge in [0.1, 0.15) is 0 Å². The van der Waals surface area contributed by atoms with Crippen LogP contribution >= 0.6 is 0 Å². The molecule has 10 heavy (non-hydrogen) atoms. The highest BCUT2D eigenvalue weighted by molar-refractivity contribution is 5.92. The third kappa shape index (κ3) is 4.89. The van der Waals surface area contributed by atoms with Crippen LogP contribution in [0.5, 0.6) is 0 Å². The Bertz CT molecular complexity index is 153. The lowest BCUT2D eigenvalue weighted by atomic mass is 10.4. The fraction of sp³-hybridized carbons (Fsp3) is 0.600. The van der Waals surface area contributed by atoms with Crippen molar-refractivity contribution in [2.75, 3.05) is 0 Å². The van der Waals surface area contributed by atoms with Crippen LogP contribution in [0.15, 0.2) is 9.98 Å². The van der Waals surface area contributed by atoms with Crippen LogP contribution < -0.4 is 17.2 Å². The molecule has 0 radical (unpaired) electrons. The fourth-order valence-corrected chi connectivity index (χ4v) is 0.426. The molecule has 5 heteroatoms. The summed E-state index contributed by atoms with van der Waals surface area (Å²) in [6.07, 6.45) is 0. The topological polar surface area (TPSA) is 103 Å². The molecule has 0 fully saturated rings. The van der Waals surface area contributed by atoms with Gasteiger partial charge in [0.15, 0.2) is 5.96 Å². The highest BCUT2D eigenvalue weighted by Crippen LogP contribution is 1.84. The van der Waals surface area contributed by atoms with Crippen LogP contribution in [0.4, 0.5) is 0 Å². The molecule has 0 aromatic heterocycles. The van der Waals surface area contributed by atoms with Crippen molar-refractivity contribution in [3.8, 4) is 0 Å². The molecule has 58 valence electrons. The Morgan fingerprint density at radius 3 is 2.00 bits per heavy atom. The van der Waals surface area contributed by atoms with Crippen LogP contribution in [0.3, 0.4) is 0 Å². The van der Waals surface area contributed by atoms with E-state index in [1.165, 1.54) is 0 Å². The van der Waals surface area contributed by atoms with Gasteiger partial charge in [-0.25, -0.2) is 4.99 Å². The molecule has 0 saturated carbocycles. The Kier molecular flexibility index (Phi) is 3.24. The van der Waals surface area contributed by atoms with Crippen LogP contribution in [0.1, 0.15) is 13.8 Å². The van der Waals surface area contributed by atoms with Gasteiger partial charge in [0.25, 0.3) is 0 Å². The molecule has 0 unspecified atom stereocenters. The number of hydrogen-bond acceptors (Lipinski definition) is 1. The minimum absolute atomic E-state index is 0.0677. The molecule has 0 aliphatic carbocycles. The molecule has 0 heterocycles. The Hall–Kier alpha value is -1.26. The van der Waals surface area contributed by atoms with E-state index in [2.05, 4.69) is 9.98 Å². The first-order valence-corrected chi connectivity index (χ1v) is 2.95. The van der Waals surface area contributed by atoms with Crippen molar-refractivity contribution in [3.63, 3.8) is 0 Å². The molecular formula is C5H13N5. The number of nitrogens with zero attached hydrogens (tertiary/aromatic N) is 2. The molecule has 0 aromatic rings. The summed E-state index contributed by atoms with van der Waals surface area (Å²) in [6, 6.07) is 0.114. The molecule has 0 rings (SSSR count). The highest BCUT2D eigenvalue weighted by Gasteiger charge is 1.90. The first-order valence-electron chi connectivity index (χ1n) is 2.95. The Balaban J connectivity index is 4.08. The quantitative estimate of drug-likeness (QED) is 0.323. The fourth-order valence-electron chi connectivity index (χ4n) is 0.426. The molecular weight excluding hydrogens is 130 g/mol. The lowest BCUT2D eigenvalue weighted by molar-refractivity contribution is 0.831. The number of nitrogens with two attached hydrogens (primary N) is 3. The zero-order chi connectivity index (χ0) is 8.15. The minimum atomic E-state index is -0.0677. The van der Waals surface area contributed by atoms with E-state index in [9.17, 15) is 0 Å². The Labute approximate surface area is 60.0 Å². The van der Waals surface area contributed by atoms with E-state index in [0.717, 1.165) is 0 Å². The van der Waals surface area contributed by atoms with E-state index in [-0.39, 0.29) is 18.0 Å². The Morgan fingerprint density at radius 1 is 1.20 bits per heavy atom. The number of aliphatic imine (C=N–C) groups is 2. The minimum Gasteiger partial charge on any atom is -0.370 e. The van der Waals surface area contributed by atoms with Crippen LogP contribution in [0.2, 0.25) is 0 Å². The van der Waals surface area contributed by atoms with Crippen molar-refractivity contribution in [2.45, 2.75) is 19.9 Å². The van der Waals surface area contributed by atoms with Crippen molar-refractivity contribution in [3.05, 3.63) is 0 Å². The van der Waals surface area contributed by atoms with Gasteiger partial charge >= 0.3 is 0 Å². The molecule has 0 amide bonds. The molecule has 0 aliphatic rings. The monoisotopic (exact) mass is 143 g/mol. The molecule has 0 bridgehead atoms. The van der Waals surface area contributed by atoms with E-state index in [4.69, 9.17) is 17.2 Å². The summed E-state index contributed by atoms with van der Waals surface area (Å²) in [5, 5.41) is 0. The summed E-state index contributed by atoms with van der Waals surface area (Å²) in [5.41, 5.74) is 15.4. The average molecular weight is 143 g/mol. The van der Waals surface area contributed by atoms with Gasteiger partial charge < -0.3 is 17.2 Å². The summed E-state index contributed by atoms with van der Waals surface area (Å²) in [4.78, 5) is 7.38. The molecule has 0 aromatic carbocycles. The second-order valence-electron chi connectivity index (χ2n) is 2.12. The molecule has 6 N–H and O–H groups in total. The van der Waals surface area contributed by atoms with Gasteiger partial charge in [-0.15, -0.1) is 0 Å². The zero-order valence-corrected chi connectivity index (χ0v) is 6.20. The predicted octanol–water partition coefficient (Wildman–Crippen LogP) is -1.02. The third-order valence-electron chi connectivity index (χ3n) is 0.634. The SMILES string of the molecule is CC(C)N=C(N)N=C(N)N. The van der Waals surface area contributed by atoms with E-state index >= 15 is 0 Å². The largest absolute Gasteiger partial charge is 0.370 e. The van der Waals surface area contributed by atoms with E-state index in [0.29, 0.717) is 0 Å². The summed E-state index contributed by atoms with van der Waals surface area (Å²) in [7, 11) is 0. The lowest BCUT2D eigenvalue weighted by Gasteiger charge is -1.96. The second-order valence-corrected chi connectivity index (χ2v) is 2.12. The van der Waals surface area contributed by atoms with Crippen LogP contribution in [0, 0.1) is 0 Å². The van der Waals surface area contributed by atoms with E-state index < -0.39 is 0 Å². The second kappa shape index (κ2) is 3.71. The Morgan fingerprint density at radius 2 is 1.70 bits per heavy atom. The maximum atomic E-state index is 5.28. The van der Waals surface area contributed by atoms with Gasteiger partial charge in [-0.3, -0.25) is 0 Å². The van der Waals surface area contributed by atoms with E-state index in [1.807, 2.05) is 13.8 Å². The predicted molar refractivity (Wildman–Crippen MR) is 42.6 cm³/mol. The van der Waals surface area contributed by atoms with Gasteiger partial charge in [-0.1, -0.05) is 0 Å². The van der Waals surface area contributed by atoms with Crippen molar-refractivity contribution in [2.24, 2.45) is 27.2 Å². The smallest absolute Gasteiger partial charge is 0.218 e. The van der Waals surface area contributed by atoms with Crippen LogP contribution in [-0.2, 0) is 0 Å². The van der Waals surface area contributed by atoms with Crippen molar-refractivity contribution in [1.29, 1.82) is 0 Å². The molecule has 0 saturated heterocycles. The van der Waals surface area contributed by atoms with Crippen molar-refractivity contribution in [1.82, 2.24) is 0 Å². The van der Waals surface area contributed by atoms with Gasteiger partial charge in [0.05, 0.1) is 0 Å². The summed E-state index contributed by atoms with van der Waals surface area (Å²) in [5.74, 6) is 0.0527. The highest BCUT2D eigenvalue weighted by atomic mass is 15.1.